The molecule has 1 saturated heterocycles. The quantitative estimate of drug-likeness (QED) is 0.498. The second-order valence-corrected chi connectivity index (χ2v) is 11.1. The highest BCUT2D eigenvalue weighted by Gasteiger charge is 2.34. The van der Waals surface area contributed by atoms with Gasteiger partial charge in [-0.1, -0.05) is 48.9 Å². The molecule has 2 aromatic carbocycles. The third-order valence-corrected chi connectivity index (χ3v) is 8.64. The lowest BCUT2D eigenvalue weighted by Crippen LogP contribution is -2.57. The summed E-state index contributed by atoms with van der Waals surface area (Å²) in [7, 11) is 0. The molecule has 5 nitrogen and oxygen atoms in total. The fourth-order valence-corrected chi connectivity index (χ4v) is 6.39. The van der Waals surface area contributed by atoms with E-state index in [-0.39, 0.29) is 23.9 Å². The van der Waals surface area contributed by atoms with Crippen LogP contribution in [0.4, 0.5) is 0 Å². The molecule has 2 aliphatic rings. The van der Waals surface area contributed by atoms with E-state index in [1.807, 2.05) is 52.3 Å². The fraction of sp³-hybridized carbons (Fsp3) is 0.400. The third kappa shape index (κ3) is 4.97. The number of aryl methyl sites for hydroxylation is 2. The molecule has 2 aliphatic heterocycles. The highest BCUT2D eigenvalue weighted by molar-refractivity contribution is 7.10. The summed E-state index contributed by atoms with van der Waals surface area (Å²) in [6.45, 7) is 9.25. The fourth-order valence-electron chi connectivity index (χ4n) is 5.49. The van der Waals surface area contributed by atoms with Crippen molar-refractivity contribution in [2.45, 2.75) is 45.7 Å². The predicted molar refractivity (Wildman–Crippen MR) is 146 cm³/mol. The lowest BCUT2D eigenvalue weighted by molar-refractivity contribution is -0.135. The average Bonchev–Trinajstić information content (AvgIpc) is 3.38. The summed E-state index contributed by atoms with van der Waals surface area (Å²) in [6, 6.07) is 18.9. The summed E-state index contributed by atoms with van der Waals surface area (Å²) in [4.78, 5) is 34.3. The van der Waals surface area contributed by atoms with Crippen molar-refractivity contribution in [1.29, 1.82) is 0 Å². The van der Waals surface area contributed by atoms with Crippen molar-refractivity contribution >= 4 is 23.2 Å². The number of rotatable bonds is 5. The van der Waals surface area contributed by atoms with Crippen LogP contribution in [0.3, 0.4) is 0 Å². The van der Waals surface area contributed by atoms with Crippen molar-refractivity contribution in [3.63, 3.8) is 0 Å². The highest BCUT2D eigenvalue weighted by atomic mass is 32.1. The number of carbonyl (C=O) groups is 2. The van der Waals surface area contributed by atoms with Crippen molar-refractivity contribution in [1.82, 2.24) is 14.7 Å². The molecule has 2 amide bonds. The number of nitrogens with zero attached hydrogens (tertiary/aromatic N) is 3. The Balaban J connectivity index is 1.26. The number of benzene rings is 2. The molecule has 2 unspecified atom stereocenters. The van der Waals surface area contributed by atoms with Crippen LogP contribution in [0, 0.1) is 6.92 Å². The smallest absolute Gasteiger partial charge is 0.254 e. The Morgan fingerprint density at radius 3 is 2.42 bits per heavy atom. The van der Waals surface area contributed by atoms with E-state index in [2.05, 4.69) is 54.5 Å². The number of thiophene rings is 1. The molecule has 188 valence electrons. The van der Waals surface area contributed by atoms with Crippen LogP contribution in [0.15, 0.2) is 60.0 Å². The van der Waals surface area contributed by atoms with Gasteiger partial charge in [0.25, 0.3) is 5.91 Å². The van der Waals surface area contributed by atoms with E-state index in [1.54, 1.807) is 0 Å². The molecule has 0 spiro atoms. The van der Waals surface area contributed by atoms with E-state index in [0.717, 1.165) is 24.9 Å². The van der Waals surface area contributed by atoms with Gasteiger partial charge >= 0.3 is 0 Å². The molecule has 0 radical (unpaired) electrons. The Hall–Kier alpha value is -2.96. The molecule has 36 heavy (non-hydrogen) atoms. The average molecular weight is 502 g/mol. The van der Waals surface area contributed by atoms with Gasteiger partial charge in [-0.05, 0) is 67.0 Å². The van der Waals surface area contributed by atoms with Crippen molar-refractivity contribution in [3.05, 3.63) is 92.7 Å². The van der Waals surface area contributed by atoms with Gasteiger partial charge in [0.1, 0.15) is 0 Å². The Morgan fingerprint density at radius 2 is 1.72 bits per heavy atom. The molecule has 1 aromatic heterocycles. The number of hydrogen-bond acceptors (Lipinski definition) is 4. The van der Waals surface area contributed by atoms with Gasteiger partial charge in [-0.2, -0.15) is 0 Å². The van der Waals surface area contributed by atoms with E-state index in [4.69, 9.17) is 0 Å². The second kappa shape index (κ2) is 10.6. The predicted octanol–water partition coefficient (Wildman–Crippen LogP) is 4.94. The van der Waals surface area contributed by atoms with Crippen LogP contribution < -0.4 is 0 Å². The first kappa shape index (κ1) is 24.7. The molecule has 0 N–H and O–H groups in total. The lowest BCUT2D eigenvalue weighted by Gasteiger charge is -2.42. The van der Waals surface area contributed by atoms with E-state index < -0.39 is 0 Å². The van der Waals surface area contributed by atoms with Crippen LogP contribution in [0.2, 0.25) is 0 Å². The van der Waals surface area contributed by atoms with Gasteiger partial charge in [0.2, 0.25) is 5.91 Å². The SMILES string of the molecule is CCc1ccc(C(=O)N2CCN(C(=O)CN3CCc4sccc4C3c3ccc(C)cc3)CC2C)cc1. The second-order valence-electron chi connectivity index (χ2n) is 10.1. The monoisotopic (exact) mass is 501 g/mol. The van der Waals surface area contributed by atoms with Gasteiger partial charge in [-0.3, -0.25) is 14.5 Å². The van der Waals surface area contributed by atoms with Crippen LogP contribution >= 0.6 is 11.3 Å². The Bertz CT molecular complexity index is 1220. The standard InChI is InChI=1S/C30H35N3O2S/c1-4-23-7-11-25(12-8-23)30(35)33-17-16-31(19-22(33)3)28(34)20-32-15-13-27-26(14-18-36-27)29(32)24-9-5-21(2)6-10-24/h5-12,14,18,22,29H,4,13,15-17,19-20H2,1-3H3. The first-order valence-corrected chi connectivity index (χ1v) is 13.9. The summed E-state index contributed by atoms with van der Waals surface area (Å²) < 4.78 is 0. The highest BCUT2D eigenvalue weighted by Crippen LogP contribution is 2.37. The maximum absolute atomic E-state index is 13.5. The van der Waals surface area contributed by atoms with Gasteiger partial charge < -0.3 is 9.80 Å². The van der Waals surface area contributed by atoms with Crippen LogP contribution in [0.5, 0.6) is 0 Å². The van der Waals surface area contributed by atoms with E-state index in [1.165, 1.54) is 27.1 Å². The minimum atomic E-state index is -0.0150. The molecule has 2 atom stereocenters. The molecule has 0 bridgehead atoms. The van der Waals surface area contributed by atoms with Crippen molar-refractivity contribution < 1.29 is 9.59 Å². The first-order valence-electron chi connectivity index (χ1n) is 13.0. The normalized spacial score (nSPS) is 20.3. The molecular weight excluding hydrogens is 466 g/mol. The van der Waals surface area contributed by atoms with Crippen molar-refractivity contribution in [2.24, 2.45) is 0 Å². The van der Waals surface area contributed by atoms with Crippen LogP contribution in [0.25, 0.3) is 0 Å². The van der Waals surface area contributed by atoms with Crippen LogP contribution in [-0.4, -0.2) is 65.3 Å². The van der Waals surface area contributed by atoms with Gasteiger partial charge in [0.05, 0.1) is 12.6 Å². The third-order valence-electron chi connectivity index (χ3n) is 7.65. The van der Waals surface area contributed by atoms with Crippen LogP contribution in [-0.2, 0) is 17.6 Å². The van der Waals surface area contributed by atoms with Gasteiger partial charge in [-0.15, -0.1) is 11.3 Å². The van der Waals surface area contributed by atoms with E-state index in [9.17, 15) is 9.59 Å². The largest absolute Gasteiger partial charge is 0.338 e. The Kier molecular flexibility index (Phi) is 7.26. The molecule has 3 aromatic rings. The number of piperazine rings is 1. The summed E-state index contributed by atoms with van der Waals surface area (Å²) >= 11 is 1.82. The van der Waals surface area contributed by atoms with Gasteiger partial charge in [0, 0.05) is 42.7 Å². The molecule has 5 rings (SSSR count). The zero-order chi connectivity index (χ0) is 25.2. The Labute approximate surface area is 218 Å². The number of amides is 2. The zero-order valence-electron chi connectivity index (χ0n) is 21.4. The van der Waals surface area contributed by atoms with E-state index in [0.29, 0.717) is 26.2 Å². The summed E-state index contributed by atoms with van der Waals surface area (Å²) in [5.74, 6) is 0.203. The summed E-state index contributed by atoms with van der Waals surface area (Å²) in [5, 5.41) is 2.17. The first-order chi connectivity index (χ1) is 17.4. The zero-order valence-corrected chi connectivity index (χ0v) is 22.3. The minimum absolute atomic E-state index is 0.0150. The summed E-state index contributed by atoms with van der Waals surface area (Å²) in [6.07, 6.45) is 1.94. The molecule has 0 aliphatic carbocycles. The van der Waals surface area contributed by atoms with Crippen LogP contribution in [0.1, 0.15) is 57.4 Å². The number of carbonyl (C=O) groups excluding carboxylic acids is 2. The van der Waals surface area contributed by atoms with Gasteiger partial charge in [-0.25, -0.2) is 0 Å². The molecule has 1 fully saturated rings. The van der Waals surface area contributed by atoms with Crippen molar-refractivity contribution in [2.75, 3.05) is 32.7 Å². The molecular formula is C30H35N3O2S. The minimum Gasteiger partial charge on any atom is -0.338 e. The number of fused-ring (bicyclic) bond motifs is 1. The molecule has 6 heteroatoms. The maximum Gasteiger partial charge on any atom is 0.254 e. The Morgan fingerprint density at radius 1 is 0.972 bits per heavy atom. The summed E-state index contributed by atoms with van der Waals surface area (Å²) in [5.41, 5.74) is 5.77. The van der Waals surface area contributed by atoms with Gasteiger partial charge in [0.15, 0.2) is 0 Å². The topological polar surface area (TPSA) is 43.9 Å². The maximum atomic E-state index is 13.5. The lowest BCUT2D eigenvalue weighted by atomic mass is 9.92. The van der Waals surface area contributed by atoms with E-state index >= 15 is 0 Å². The number of hydrogen-bond donors (Lipinski definition) is 0. The molecule has 0 saturated carbocycles. The molecule has 3 heterocycles. The van der Waals surface area contributed by atoms with Crippen molar-refractivity contribution in [3.8, 4) is 0 Å².